The van der Waals surface area contributed by atoms with E-state index in [1.807, 2.05) is 49.1 Å². The highest BCUT2D eigenvalue weighted by Crippen LogP contribution is 2.45. The number of nitrogens with two attached hydrogens (primary N) is 1. The molecule has 2 aromatic carbocycles. The van der Waals surface area contributed by atoms with Crippen molar-refractivity contribution in [1.29, 1.82) is 5.26 Å². The van der Waals surface area contributed by atoms with Crippen LogP contribution in [0, 0.1) is 11.3 Å². The quantitative estimate of drug-likeness (QED) is 0.696. The van der Waals surface area contributed by atoms with Crippen LogP contribution in [0.4, 0.5) is 11.6 Å². The monoisotopic (exact) mass is 391 g/mol. The largest absolute Gasteiger partial charge is 0.485 e. The van der Waals surface area contributed by atoms with E-state index in [2.05, 4.69) is 16.2 Å². The first kappa shape index (κ1) is 18.8. The molecule has 1 aromatic heterocycles. The Kier molecular flexibility index (Phi) is 4.60. The Labute approximate surface area is 168 Å². The van der Waals surface area contributed by atoms with E-state index in [-0.39, 0.29) is 12.5 Å². The number of benzene rings is 2. The normalized spacial score (nSPS) is 19.7. The highest BCUT2D eigenvalue weighted by atomic mass is 16.5. The second kappa shape index (κ2) is 7.11. The van der Waals surface area contributed by atoms with E-state index >= 15 is 0 Å². The molecule has 2 heterocycles. The molecule has 0 saturated carbocycles. The van der Waals surface area contributed by atoms with Crippen molar-refractivity contribution in [2.24, 2.45) is 0 Å². The maximum Gasteiger partial charge on any atom is 0.260 e. The Morgan fingerprint density at radius 2 is 2.00 bits per heavy atom. The van der Waals surface area contributed by atoms with Crippen molar-refractivity contribution in [3.05, 3.63) is 65.5 Å². The predicted molar refractivity (Wildman–Crippen MR) is 106 cm³/mol. The van der Waals surface area contributed by atoms with Crippen molar-refractivity contribution in [3.63, 3.8) is 0 Å². The molecule has 0 saturated heterocycles. The molecule has 3 N–H and O–H groups in total. The number of aromatic nitrogens is 2. The van der Waals surface area contributed by atoms with Gasteiger partial charge in [0.15, 0.2) is 0 Å². The van der Waals surface area contributed by atoms with Crippen LogP contribution >= 0.6 is 0 Å². The fourth-order valence-corrected chi connectivity index (χ4v) is 3.62. The molecule has 0 aliphatic carbocycles. The zero-order chi connectivity index (χ0) is 20.6. The Morgan fingerprint density at radius 1 is 1.24 bits per heavy atom. The van der Waals surface area contributed by atoms with Crippen molar-refractivity contribution in [2.45, 2.75) is 38.1 Å². The van der Waals surface area contributed by atoms with Gasteiger partial charge < -0.3 is 25.0 Å². The summed E-state index contributed by atoms with van der Waals surface area (Å²) in [5, 5.41) is 24.3. The summed E-state index contributed by atoms with van der Waals surface area (Å²) in [6.07, 6.45) is -0.899. The Morgan fingerprint density at radius 3 is 2.66 bits per heavy atom. The number of nitriles is 1. The fourth-order valence-electron chi connectivity index (χ4n) is 3.62. The van der Waals surface area contributed by atoms with Crippen LogP contribution in [0.1, 0.15) is 36.9 Å². The third kappa shape index (κ3) is 3.48. The smallest absolute Gasteiger partial charge is 0.260 e. The van der Waals surface area contributed by atoms with Crippen LogP contribution in [-0.2, 0) is 6.54 Å². The molecule has 148 valence electrons. The molecule has 0 amide bonds. The molecule has 0 unspecified atom stereocenters. The van der Waals surface area contributed by atoms with Gasteiger partial charge in [-0.3, -0.25) is 0 Å². The van der Waals surface area contributed by atoms with Gasteiger partial charge in [0.25, 0.3) is 5.95 Å². The van der Waals surface area contributed by atoms with Gasteiger partial charge in [-0.15, -0.1) is 0 Å². The molecular formula is C21H21N5O3. The van der Waals surface area contributed by atoms with Crippen molar-refractivity contribution >= 4 is 11.6 Å². The summed E-state index contributed by atoms with van der Waals surface area (Å²) in [5.41, 5.74) is 6.81. The maximum atomic E-state index is 11.3. The highest BCUT2D eigenvalue weighted by molar-refractivity contribution is 5.54. The van der Waals surface area contributed by atoms with Crippen molar-refractivity contribution in [2.75, 3.05) is 10.6 Å². The lowest BCUT2D eigenvalue weighted by molar-refractivity contribution is -0.0592. The van der Waals surface area contributed by atoms with Gasteiger partial charge in [-0.25, -0.2) is 0 Å². The van der Waals surface area contributed by atoms with Gasteiger partial charge in [0.2, 0.25) is 5.89 Å². The van der Waals surface area contributed by atoms with Gasteiger partial charge in [0, 0.05) is 11.3 Å². The lowest BCUT2D eigenvalue weighted by Gasteiger charge is -2.46. The fraction of sp³-hybridized carbons (Fsp3) is 0.286. The third-order valence-corrected chi connectivity index (χ3v) is 5.05. The number of nitrogen functional groups attached to an aromatic ring is 1. The van der Waals surface area contributed by atoms with E-state index in [1.54, 1.807) is 18.2 Å². The standard InChI is InChI=1S/C21H21N5O3/c1-21(2)19(27)18(15-10-13(11-22)8-9-16(15)28-21)26(14-6-4-3-5-7-14)12-17-24-20(23)25-29-17/h3-10,18-19,27H,12H2,1-2H3,(H2,23,25)/t18-,19+/m0/s1. The van der Waals surface area contributed by atoms with E-state index < -0.39 is 17.7 Å². The predicted octanol–water partition coefficient (Wildman–Crippen LogP) is 2.80. The van der Waals surface area contributed by atoms with E-state index in [0.717, 1.165) is 5.69 Å². The van der Waals surface area contributed by atoms with E-state index in [1.165, 1.54) is 0 Å². The number of aliphatic hydroxyl groups excluding tert-OH is 1. The Balaban J connectivity index is 1.87. The number of para-hydroxylation sites is 1. The summed E-state index contributed by atoms with van der Waals surface area (Å²) in [6, 6.07) is 16.5. The van der Waals surface area contributed by atoms with E-state index in [4.69, 9.17) is 15.0 Å². The third-order valence-electron chi connectivity index (χ3n) is 5.05. The summed E-state index contributed by atoms with van der Waals surface area (Å²) in [5.74, 6) is 0.990. The molecule has 0 fully saturated rings. The average molecular weight is 391 g/mol. The summed E-state index contributed by atoms with van der Waals surface area (Å²) in [6.45, 7) is 3.89. The molecule has 4 rings (SSSR count). The van der Waals surface area contributed by atoms with Crippen LogP contribution in [0.25, 0.3) is 0 Å². The molecule has 8 heteroatoms. The number of aliphatic hydroxyl groups is 1. The number of hydrogen-bond acceptors (Lipinski definition) is 8. The molecular weight excluding hydrogens is 370 g/mol. The average Bonchev–Trinajstić information content (AvgIpc) is 3.13. The first-order chi connectivity index (χ1) is 13.9. The maximum absolute atomic E-state index is 11.3. The summed E-state index contributed by atoms with van der Waals surface area (Å²) < 4.78 is 11.3. The Bertz CT molecular complexity index is 1060. The highest BCUT2D eigenvalue weighted by Gasteiger charge is 2.46. The van der Waals surface area contributed by atoms with Crippen LogP contribution in [0.15, 0.2) is 53.1 Å². The van der Waals surface area contributed by atoms with Crippen LogP contribution in [0.2, 0.25) is 0 Å². The van der Waals surface area contributed by atoms with Gasteiger partial charge in [-0.1, -0.05) is 18.2 Å². The first-order valence-electron chi connectivity index (χ1n) is 9.20. The van der Waals surface area contributed by atoms with Crippen LogP contribution < -0.4 is 15.4 Å². The van der Waals surface area contributed by atoms with Gasteiger partial charge >= 0.3 is 0 Å². The molecule has 2 atom stereocenters. The zero-order valence-electron chi connectivity index (χ0n) is 16.1. The number of anilines is 2. The topological polar surface area (TPSA) is 121 Å². The van der Waals surface area contributed by atoms with Crippen LogP contribution in [0.5, 0.6) is 5.75 Å². The summed E-state index contributed by atoms with van der Waals surface area (Å²) >= 11 is 0. The minimum atomic E-state index is -0.899. The van der Waals surface area contributed by atoms with Gasteiger partial charge in [-0.05, 0) is 49.3 Å². The molecule has 29 heavy (non-hydrogen) atoms. The van der Waals surface area contributed by atoms with Gasteiger partial charge in [-0.2, -0.15) is 10.2 Å². The minimum absolute atomic E-state index is 0.0491. The molecule has 3 aromatic rings. The number of hydrogen-bond donors (Lipinski definition) is 2. The molecule has 0 spiro atoms. The van der Waals surface area contributed by atoms with Gasteiger partial charge in [0.05, 0.1) is 24.2 Å². The number of nitrogens with zero attached hydrogens (tertiary/aromatic N) is 4. The van der Waals surface area contributed by atoms with Crippen LogP contribution in [0.3, 0.4) is 0 Å². The lowest BCUT2D eigenvalue weighted by Crippen LogP contribution is -2.53. The SMILES string of the molecule is CC1(C)Oc2ccc(C#N)cc2[C@H](N(Cc2nc(N)no2)c2ccccc2)[C@H]1O. The summed E-state index contributed by atoms with van der Waals surface area (Å²) in [4.78, 5) is 6.08. The molecule has 1 aliphatic rings. The van der Waals surface area contributed by atoms with Crippen LogP contribution in [-0.4, -0.2) is 27.0 Å². The molecule has 8 nitrogen and oxygen atoms in total. The lowest BCUT2D eigenvalue weighted by atomic mass is 9.84. The second-order valence-corrected chi connectivity index (χ2v) is 7.47. The number of ether oxygens (including phenoxy) is 1. The van der Waals surface area contributed by atoms with E-state index in [9.17, 15) is 10.4 Å². The number of fused-ring (bicyclic) bond motifs is 1. The van der Waals surface area contributed by atoms with Crippen molar-refractivity contribution in [3.8, 4) is 11.8 Å². The number of rotatable bonds is 4. The molecule has 0 radical (unpaired) electrons. The van der Waals surface area contributed by atoms with Gasteiger partial charge in [0.1, 0.15) is 17.5 Å². The minimum Gasteiger partial charge on any atom is -0.485 e. The van der Waals surface area contributed by atoms with E-state index in [0.29, 0.717) is 22.8 Å². The van der Waals surface area contributed by atoms with Crippen molar-refractivity contribution < 1.29 is 14.4 Å². The Hall–Kier alpha value is -3.57. The molecule has 1 aliphatic heterocycles. The summed E-state index contributed by atoms with van der Waals surface area (Å²) in [7, 11) is 0. The second-order valence-electron chi connectivity index (χ2n) is 7.47. The van der Waals surface area contributed by atoms with Crippen molar-refractivity contribution in [1.82, 2.24) is 10.1 Å². The molecule has 0 bridgehead atoms. The first-order valence-corrected chi connectivity index (χ1v) is 9.20. The zero-order valence-corrected chi connectivity index (χ0v) is 16.1.